The highest BCUT2D eigenvalue weighted by atomic mass is 35.5. The zero-order valence-corrected chi connectivity index (χ0v) is 11.2. The van der Waals surface area contributed by atoms with Crippen molar-refractivity contribution in [3.63, 3.8) is 0 Å². The summed E-state index contributed by atoms with van der Waals surface area (Å²) in [6.07, 6.45) is 0.672. The SMILES string of the molecule is CCNC(Cc1nnn(C)n1)c1ccccc1Cl. The molecule has 0 aliphatic heterocycles. The van der Waals surface area contributed by atoms with E-state index < -0.39 is 0 Å². The van der Waals surface area contributed by atoms with E-state index in [4.69, 9.17) is 11.6 Å². The first kappa shape index (κ1) is 13.0. The third kappa shape index (κ3) is 3.05. The van der Waals surface area contributed by atoms with E-state index in [1.165, 1.54) is 4.80 Å². The Bertz CT molecular complexity index is 511. The molecule has 1 aromatic heterocycles. The van der Waals surface area contributed by atoms with Crippen LogP contribution in [0.25, 0.3) is 0 Å². The maximum atomic E-state index is 6.22. The quantitative estimate of drug-likeness (QED) is 0.895. The minimum atomic E-state index is 0.105. The fourth-order valence-electron chi connectivity index (χ4n) is 1.88. The minimum absolute atomic E-state index is 0.105. The van der Waals surface area contributed by atoms with E-state index in [-0.39, 0.29) is 6.04 Å². The van der Waals surface area contributed by atoms with E-state index in [1.54, 1.807) is 7.05 Å². The van der Waals surface area contributed by atoms with Crippen molar-refractivity contribution >= 4 is 11.6 Å². The summed E-state index contributed by atoms with van der Waals surface area (Å²) in [4.78, 5) is 1.46. The molecular formula is C12H16ClN5. The molecule has 1 unspecified atom stereocenters. The molecule has 0 saturated heterocycles. The van der Waals surface area contributed by atoms with E-state index in [1.807, 2.05) is 24.3 Å². The highest BCUT2D eigenvalue weighted by Gasteiger charge is 2.16. The van der Waals surface area contributed by atoms with Crippen molar-refractivity contribution in [2.24, 2.45) is 7.05 Å². The van der Waals surface area contributed by atoms with E-state index in [0.717, 1.165) is 17.1 Å². The fourth-order valence-corrected chi connectivity index (χ4v) is 2.15. The molecule has 0 aliphatic carbocycles. The van der Waals surface area contributed by atoms with Crippen LogP contribution < -0.4 is 5.32 Å². The Balaban J connectivity index is 2.20. The zero-order valence-electron chi connectivity index (χ0n) is 10.5. The van der Waals surface area contributed by atoms with Crippen LogP contribution in [0.3, 0.4) is 0 Å². The van der Waals surface area contributed by atoms with Gasteiger partial charge in [0, 0.05) is 17.5 Å². The molecular weight excluding hydrogens is 250 g/mol. The number of nitrogens with zero attached hydrogens (tertiary/aromatic N) is 4. The average molecular weight is 266 g/mol. The van der Waals surface area contributed by atoms with Crippen LogP contribution in [0.2, 0.25) is 5.02 Å². The lowest BCUT2D eigenvalue weighted by Gasteiger charge is -2.17. The second kappa shape index (κ2) is 5.93. The number of hydrogen-bond donors (Lipinski definition) is 1. The monoisotopic (exact) mass is 265 g/mol. The van der Waals surface area contributed by atoms with Gasteiger partial charge in [-0.1, -0.05) is 36.7 Å². The molecule has 2 rings (SSSR count). The number of hydrogen-bond acceptors (Lipinski definition) is 4. The number of benzene rings is 1. The molecule has 0 saturated carbocycles. The van der Waals surface area contributed by atoms with Crippen LogP contribution in [-0.4, -0.2) is 26.8 Å². The smallest absolute Gasteiger partial charge is 0.176 e. The van der Waals surface area contributed by atoms with E-state index in [9.17, 15) is 0 Å². The van der Waals surface area contributed by atoms with Gasteiger partial charge >= 0.3 is 0 Å². The van der Waals surface area contributed by atoms with Crippen molar-refractivity contribution in [2.75, 3.05) is 6.54 Å². The molecule has 0 spiro atoms. The first-order valence-corrected chi connectivity index (χ1v) is 6.29. The van der Waals surface area contributed by atoms with Gasteiger partial charge in [0.2, 0.25) is 0 Å². The molecule has 5 nitrogen and oxygen atoms in total. The molecule has 96 valence electrons. The van der Waals surface area contributed by atoms with Crippen LogP contribution in [0, 0.1) is 0 Å². The average Bonchev–Trinajstić information content (AvgIpc) is 2.75. The van der Waals surface area contributed by atoms with E-state index >= 15 is 0 Å². The van der Waals surface area contributed by atoms with Crippen LogP contribution in [0.15, 0.2) is 24.3 Å². The summed E-state index contributed by atoms with van der Waals surface area (Å²) in [6.45, 7) is 2.92. The van der Waals surface area contributed by atoms with Gasteiger partial charge in [-0.05, 0) is 23.4 Å². The fraction of sp³-hybridized carbons (Fsp3) is 0.417. The number of aryl methyl sites for hydroxylation is 1. The maximum absolute atomic E-state index is 6.22. The zero-order chi connectivity index (χ0) is 13.0. The molecule has 6 heteroatoms. The second-order valence-corrected chi connectivity index (χ2v) is 4.44. The predicted molar refractivity (Wildman–Crippen MR) is 70.4 cm³/mol. The standard InChI is InChI=1S/C12H16ClN5/c1-3-14-11(8-12-15-17-18(2)16-12)9-6-4-5-7-10(9)13/h4-7,11,14H,3,8H2,1-2H3. The Kier molecular flexibility index (Phi) is 4.28. The Morgan fingerprint density at radius 2 is 2.17 bits per heavy atom. The highest BCUT2D eigenvalue weighted by molar-refractivity contribution is 6.31. The van der Waals surface area contributed by atoms with Crippen LogP contribution in [0.4, 0.5) is 0 Å². The van der Waals surface area contributed by atoms with Crippen LogP contribution in [0.1, 0.15) is 24.4 Å². The van der Waals surface area contributed by atoms with Crippen LogP contribution >= 0.6 is 11.6 Å². The molecule has 1 N–H and O–H groups in total. The molecule has 18 heavy (non-hydrogen) atoms. The van der Waals surface area contributed by atoms with Crippen molar-refractivity contribution in [1.82, 2.24) is 25.5 Å². The Morgan fingerprint density at radius 3 is 2.78 bits per heavy atom. The molecule has 0 fully saturated rings. The Morgan fingerprint density at radius 1 is 1.39 bits per heavy atom. The van der Waals surface area contributed by atoms with Gasteiger partial charge in [-0.3, -0.25) is 0 Å². The molecule has 0 bridgehead atoms. The third-order valence-electron chi connectivity index (χ3n) is 2.67. The molecule has 1 atom stereocenters. The molecule has 0 amide bonds. The molecule has 1 aromatic carbocycles. The molecule has 0 radical (unpaired) electrons. The number of rotatable bonds is 5. The number of likely N-dealkylation sites (N-methyl/N-ethyl adjacent to an activating group) is 1. The predicted octanol–water partition coefficient (Wildman–Crippen LogP) is 1.76. The summed E-state index contributed by atoms with van der Waals surface area (Å²) in [5, 5.41) is 16.2. The third-order valence-corrected chi connectivity index (χ3v) is 3.01. The summed E-state index contributed by atoms with van der Waals surface area (Å²) in [5.74, 6) is 0.711. The Labute approximate surface area is 111 Å². The summed E-state index contributed by atoms with van der Waals surface area (Å²) < 4.78 is 0. The van der Waals surface area contributed by atoms with Crippen molar-refractivity contribution in [2.45, 2.75) is 19.4 Å². The van der Waals surface area contributed by atoms with E-state index in [2.05, 4.69) is 27.7 Å². The molecule has 2 aromatic rings. The van der Waals surface area contributed by atoms with Gasteiger partial charge in [0.05, 0.1) is 7.05 Å². The normalized spacial score (nSPS) is 12.6. The van der Waals surface area contributed by atoms with Gasteiger partial charge in [0.15, 0.2) is 5.82 Å². The number of tetrazole rings is 1. The van der Waals surface area contributed by atoms with Gasteiger partial charge < -0.3 is 5.32 Å². The lowest BCUT2D eigenvalue weighted by atomic mass is 10.0. The van der Waals surface area contributed by atoms with Gasteiger partial charge in [-0.25, -0.2) is 0 Å². The molecule has 0 aliphatic rings. The van der Waals surface area contributed by atoms with Gasteiger partial charge in [0.1, 0.15) is 0 Å². The minimum Gasteiger partial charge on any atom is -0.310 e. The number of nitrogens with one attached hydrogen (secondary N) is 1. The summed E-state index contributed by atoms with van der Waals surface area (Å²) in [5.41, 5.74) is 1.06. The highest BCUT2D eigenvalue weighted by Crippen LogP contribution is 2.24. The Hall–Kier alpha value is -1.46. The van der Waals surface area contributed by atoms with Crippen LogP contribution in [0.5, 0.6) is 0 Å². The number of halogens is 1. The topological polar surface area (TPSA) is 55.6 Å². The maximum Gasteiger partial charge on any atom is 0.176 e. The first-order valence-electron chi connectivity index (χ1n) is 5.91. The largest absolute Gasteiger partial charge is 0.310 e. The van der Waals surface area contributed by atoms with Crippen molar-refractivity contribution in [3.05, 3.63) is 40.7 Å². The van der Waals surface area contributed by atoms with Crippen LogP contribution in [-0.2, 0) is 13.5 Å². The second-order valence-electron chi connectivity index (χ2n) is 4.03. The van der Waals surface area contributed by atoms with E-state index in [0.29, 0.717) is 12.2 Å². The van der Waals surface area contributed by atoms with Crippen molar-refractivity contribution in [3.8, 4) is 0 Å². The van der Waals surface area contributed by atoms with Crippen molar-refractivity contribution < 1.29 is 0 Å². The lowest BCUT2D eigenvalue weighted by Crippen LogP contribution is -2.23. The van der Waals surface area contributed by atoms with Gasteiger partial charge in [-0.15, -0.1) is 10.2 Å². The van der Waals surface area contributed by atoms with Gasteiger partial charge in [0.25, 0.3) is 0 Å². The van der Waals surface area contributed by atoms with Gasteiger partial charge in [-0.2, -0.15) is 4.80 Å². The molecule has 1 heterocycles. The summed E-state index contributed by atoms with van der Waals surface area (Å²) in [6, 6.07) is 7.93. The summed E-state index contributed by atoms with van der Waals surface area (Å²) >= 11 is 6.22. The first-order chi connectivity index (χ1) is 8.70. The summed E-state index contributed by atoms with van der Waals surface area (Å²) in [7, 11) is 1.76. The van der Waals surface area contributed by atoms with Crippen molar-refractivity contribution in [1.29, 1.82) is 0 Å². The lowest BCUT2D eigenvalue weighted by molar-refractivity contribution is 0.535. The number of aromatic nitrogens is 4.